The van der Waals surface area contributed by atoms with Crippen molar-refractivity contribution in [3.63, 3.8) is 0 Å². The Kier molecular flexibility index (Phi) is 6.80. The molecule has 1 saturated heterocycles. The van der Waals surface area contributed by atoms with Crippen LogP contribution in [-0.2, 0) is 9.59 Å². The summed E-state index contributed by atoms with van der Waals surface area (Å²) >= 11 is 0. The van der Waals surface area contributed by atoms with Crippen LogP contribution >= 0.6 is 0 Å². The molecular formula is C23H25F3N2O2. The summed E-state index contributed by atoms with van der Waals surface area (Å²) in [6, 6.07) is 15.6. The fourth-order valence-electron chi connectivity index (χ4n) is 3.67. The Hall–Kier alpha value is -2.83. The zero-order valence-electron chi connectivity index (χ0n) is 16.8. The number of carbonyl (C=O) groups is 2. The molecule has 3 rings (SSSR count). The fourth-order valence-corrected chi connectivity index (χ4v) is 3.67. The van der Waals surface area contributed by atoms with Gasteiger partial charge >= 0.3 is 6.18 Å². The van der Waals surface area contributed by atoms with Gasteiger partial charge in [0.1, 0.15) is 0 Å². The van der Waals surface area contributed by atoms with Gasteiger partial charge in [-0.15, -0.1) is 0 Å². The molecule has 2 amide bonds. The first kappa shape index (κ1) is 21.9. The first-order valence-corrected chi connectivity index (χ1v) is 10.0. The summed E-state index contributed by atoms with van der Waals surface area (Å²) in [5, 5.41) is 2.90. The van der Waals surface area contributed by atoms with Gasteiger partial charge in [0, 0.05) is 25.2 Å². The van der Waals surface area contributed by atoms with Crippen LogP contribution in [-0.4, -0.2) is 36.0 Å². The molecular weight excluding hydrogens is 393 g/mol. The Labute approximate surface area is 174 Å². The van der Waals surface area contributed by atoms with Crippen LogP contribution in [0.2, 0.25) is 0 Å². The number of alkyl halides is 3. The predicted molar refractivity (Wildman–Crippen MR) is 110 cm³/mol. The number of rotatable bonds is 5. The van der Waals surface area contributed by atoms with E-state index < -0.39 is 30.8 Å². The highest BCUT2D eigenvalue weighted by Gasteiger charge is 2.32. The van der Waals surface area contributed by atoms with Gasteiger partial charge in [-0.05, 0) is 43.0 Å². The minimum atomic E-state index is -4.36. The second-order valence-electron chi connectivity index (χ2n) is 7.73. The van der Waals surface area contributed by atoms with Crippen LogP contribution in [0.4, 0.5) is 18.9 Å². The van der Waals surface area contributed by atoms with Gasteiger partial charge in [-0.1, -0.05) is 42.0 Å². The lowest BCUT2D eigenvalue weighted by atomic mass is 9.96. The number of nitrogens with one attached hydrogen (secondary N) is 1. The van der Waals surface area contributed by atoms with Crippen molar-refractivity contribution >= 4 is 17.5 Å². The lowest BCUT2D eigenvalue weighted by molar-refractivity contribution is -0.150. The molecule has 0 aromatic heterocycles. The lowest BCUT2D eigenvalue weighted by Gasteiger charge is -2.32. The number of amides is 2. The molecule has 0 radical (unpaired) electrons. The van der Waals surface area contributed by atoms with Crippen molar-refractivity contribution in [3.8, 4) is 11.1 Å². The van der Waals surface area contributed by atoms with Crippen molar-refractivity contribution in [2.24, 2.45) is 5.92 Å². The van der Waals surface area contributed by atoms with E-state index in [2.05, 4.69) is 11.4 Å². The molecule has 2 aromatic carbocycles. The Bertz CT molecular complexity index is 911. The molecule has 1 atom stereocenters. The number of nitrogens with zero attached hydrogens (tertiary/aromatic N) is 1. The smallest absolute Gasteiger partial charge is 0.342 e. The van der Waals surface area contributed by atoms with Gasteiger partial charge in [-0.25, -0.2) is 0 Å². The van der Waals surface area contributed by atoms with E-state index in [9.17, 15) is 22.8 Å². The molecule has 2 aromatic rings. The first-order chi connectivity index (χ1) is 14.2. The Morgan fingerprint density at radius 2 is 1.80 bits per heavy atom. The van der Waals surface area contributed by atoms with Crippen molar-refractivity contribution in [1.29, 1.82) is 0 Å². The summed E-state index contributed by atoms with van der Waals surface area (Å²) in [7, 11) is 0. The quantitative estimate of drug-likeness (QED) is 0.727. The highest BCUT2D eigenvalue weighted by atomic mass is 19.4. The van der Waals surface area contributed by atoms with Gasteiger partial charge in [0.05, 0.1) is 12.3 Å². The molecule has 0 spiro atoms. The van der Waals surface area contributed by atoms with Crippen LogP contribution in [0.15, 0.2) is 48.5 Å². The highest BCUT2D eigenvalue weighted by Crippen LogP contribution is 2.26. The van der Waals surface area contributed by atoms with Crippen LogP contribution in [0.3, 0.4) is 0 Å². The van der Waals surface area contributed by atoms with Crippen LogP contribution < -0.4 is 5.32 Å². The average Bonchev–Trinajstić information content (AvgIpc) is 2.72. The van der Waals surface area contributed by atoms with E-state index in [0.717, 1.165) is 16.7 Å². The first-order valence-electron chi connectivity index (χ1n) is 10.0. The maximum Gasteiger partial charge on any atom is 0.389 e. The largest absolute Gasteiger partial charge is 0.389 e. The number of likely N-dealkylation sites (tertiary alicyclic amines) is 1. The van der Waals surface area contributed by atoms with Gasteiger partial charge in [-0.3, -0.25) is 9.59 Å². The van der Waals surface area contributed by atoms with Crippen molar-refractivity contribution in [2.75, 3.05) is 18.4 Å². The van der Waals surface area contributed by atoms with Crippen molar-refractivity contribution in [2.45, 2.75) is 38.8 Å². The number of anilines is 1. The Balaban J connectivity index is 1.62. The normalized spacial score (nSPS) is 16.9. The number of piperidine rings is 1. The summed E-state index contributed by atoms with van der Waals surface area (Å²) in [5.74, 6) is -1.20. The van der Waals surface area contributed by atoms with Gasteiger partial charge < -0.3 is 10.2 Å². The van der Waals surface area contributed by atoms with Crippen molar-refractivity contribution in [3.05, 3.63) is 54.1 Å². The second-order valence-corrected chi connectivity index (χ2v) is 7.73. The molecule has 0 unspecified atom stereocenters. The molecule has 0 saturated carbocycles. The minimum absolute atomic E-state index is 0.153. The van der Waals surface area contributed by atoms with E-state index in [0.29, 0.717) is 25.1 Å². The average molecular weight is 418 g/mol. The summed E-state index contributed by atoms with van der Waals surface area (Å²) < 4.78 is 37.1. The van der Waals surface area contributed by atoms with Gasteiger partial charge in [0.25, 0.3) is 0 Å². The minimum Gasteiger partial charge on any atom is -0.342 e. The van der Waals surface area contributed by atoms with E-state index in [1.165, 1.54) is 4.90 Å². The highest BCUT2D eigenvalue weighted by molar-refractivity contribution is 5.93. The fraction of sp³-hybridized carbons (Fsp3) is 0.391. The molecule has 4 nitrogen and oxygen atoms in total. The van der Waals surface area contributed by atoms with Gasteiger partial charge in [-0.2, -0.15) is 13.2 Å². The number of halogens is 3. The van der Waals surface area contributed by atoms with Crippen LogP contribution in [0.25, 0.3) is 11.1 Å². The van der Waals surface area contributed by atoms with Gasteiger partial charge in [0.2, 0.25) is 11.8 Å². The SMILES string of the molecule is Cc1cccc(-c2cccc(NC(=O)[C@H]3CCCN(C(=O)CCC(F)(F)F)C3)c2)c1. The van der Waals surface area contributed by atoms with E-state index in [4.69, 9.17) is 0 Å². The molecule has 1 aliphatic heterocycles. The Morgan fingerprint density at radius 3 is 2.50 bits per heavy atom. The number of carbonyl (C=O) groups excluding carboxylic acids is 2. The predicted octanol–water partition coefficient (Wildman–Crippen LogP) is 5.18. The zero-order chi connectivity index (χ0) is 21.7. The third-order valence-corrected chi connectivity index (χ3v) is 5.25. The van der Waals surface area contributed by atoms with E-state index in [1.807, 2.05) is 43.3 Å². The molecule has 1 fully saturated rings. The molecule has 0 bridgehead atoms. The number of benzene rings is 2. The molecule has 0 aliphatic carbocycles. The lowest BCUT2D eigenvalue weighted by Crippen LogP contribution is -2.44. The molecule has 160 valence electrons. The van der Waals surface area contributed by atoms with Crippen LogP contribution in [0.5, 0.6) is 0 Å². The topological polar surface area (TPSA) is 49.4 Å². The van der Waals surface area contributed by atoms with Crippen molar-refractivity contribution in [1.82, 2.24) is 4.90 Å². The summed E-state index contributed by atoms with van der Waals surface area (Å²) in [6.07, 6.45) is -4.86. The van der Waals surface area contributed by atoms with Crippen LogP contribution in [0, 0.1) is 12.8 Å². The molecule has 1 aliphatic rings. The van der Waals surface area contributed by atoms with Gasteiger partial charge in [0.15, 0.2) is 0 Å². The third kappa shape index (κ3) is 6.08. The third-order valence-electron chi connectivity index (χ3n) is 5.25. The molecule has 30 heavy (non-hydrogen) atoms. The number of hydrogen-bond donors (Lipinski definition) is 1. The number of aryl methyl sites for hydroxylation is 1. The summed E-state index contributed by atoms with van der Waals surface area (Å²) in [6.45, 7) is 2.56. The van der Waals surface area contributed by atoms with E-state index in [-0.39, 0.29) is 12.5 Å². The zero-order valence-corrected chi connectivity index (χ0v) is 16.8. The molecule has 1 N–H and O–H groups in total. The monoisotopic (exact) mass is 418 g/mol. The van der Waals surface area contributed by atoms with Crippen LogP contribution in [0.1, 0.15) is 31.2 Å². The van der Waals surface area contributed by atoms with E-state index in [1.54, 1.807) is 6.07 Å². The molecule has 1 heterocycles. The summed E-state index contributed by atoms with van der Waals surface area (Å²) in [5.41, 5.74) is 3.81. The number of hydrogen-bond acceptors (Lipinski definition) is 2. The van der Waals surface area contributed by atoms with E-state index >= 15 is 0 Å². The maximum atomic E-state index is 12.7. The van der Waals surface area contributed by atoms with Crippen molar-refractivity contribution < 1.29 is 22.8 Å². The molecule has 7 heteroatoms. The standard InChI is InChI=1S/C23H25F3N2O2/c1-16-5-2-6-17(13-16)18-7-3-9-20(14-18)27-22(30)19-8-4-12-28(15-19)21(29)10-11-23(24,25)26/h2-3,5-7,9,13-14,19H,4,8,10-12,15H2,1H3,(H,27,30)/t19-/m0/s1. The Morgan fingerprint density at radius 1 is 1.10 bits per heavy atom. The second kappa shape index (κ2) is 9.32. The maximum absolute atomic E-state index is 12.7. The summed E-state index contributed by atoms with van der Waals surface area (Å²) in [4.78, 5) is 26.2.